The molecular weight excluding hydrogens is 945 g/mol. The number of nitrogens with one attached hydrogen (secondary N) is 1. The minimum Gasteiger partial charge on any atom is -0.481 e. The molecule has 1 fully saturated rings. The number of carboxylic acids is 1. The van der Waals surface area contributed by atoms with E-state index in [0.717, 1.165) is 69.6 Å². The number of carbonyl (C=O) groups excluding carboxylic acids is 5. The van der Waals surface area contributed by atoms with Crippen LogP contribution in [0.25, 0.3) is 0 Å². The van der Waals surface area contributed by atoms with Gasteiger partial charge in [-0.05, 0) is 33.1 Å². The summed E-state index contributed by atoms with van der Waals surface area (Å²) in [6.07, 6.45) is 16.3. The normalized spacial score (nSPS) is 20.3. The van der Waals surface area contributed by atoms with Crippen molar-refractivity contribution < 1.29 is 73.2 Å². The highest BCUT2D eigenvalue weighted by atomic mass is 16.6. The van der Waals surface area contributed by atoms with Crippen LogP contribution in [-0.4, -0.2) is 146 Å². The molecule has 0 saturated carbocycles. The topological polar surface area (TPSA) is 308 Å². The molecule has 3 amide bonds. The fraction of sp³-hybridized carbons (Fsp3) is 0.889. The fourth-order valence-electron chi connectivity index (χ4n) is 9.50. The molecule has 1 heterocycles. The number of unbranched alkanes of at least 4 members (excludes halogenated alkanes) is 24. The van der Waals surface area contributed by atoms with Gasteiger partial charge in [0.1, 0.15) is 35.9 Å². The Kier molecular flexibility index (Phi) is 36.9. The van der Waals surface area contributed by atoms with E-state index in [1.165, 1.54) is 110 Å². The third-order valence-electron chi connectivity index (χ3n) is 13.8. The summed E-state index contributed by atoms with van der Waals surface area (Å²) >= 11 is 0. The van der Waals surface area contributed by atoms with Crippen molar-refractivity contribution in [2.45, 2.75) is 288 Å². The SMILES string of the molecule is CCCCCCCCCCCCCCCC(=O)OC([C@H](CO)OC(=O)CCCCCCCCCCCCCCC)[C@@](C)(N)C(=O)N(CC(C)O[C@H]1[C@H](O)[C@@H](CO)O[C@H](O)[C@@H]1NC(C)=O)[C@H](CCC(=O)O)C(N)=O. The van der Waals surface area contributed by atoms with Gasteiger partial charge in [-0.15, -0.1) is 0 Å². The number of esters is 2. The number of carboxylic acid groups (broad SMARTS) is 1. The third kappa shape index (κ3) is 28.3. The minimum absolute atomic E-state index is 0.0214. The predicted molar refractivity (Wildman–Crippen MR) is 278 cm³/mol. The molecule has 426 valence electrons. The van der Waals surface area contributed by atoms with E-state index in [4.69, 9.17) is 30.4 Å². The zero-order chi connectivity index (χ0) is 54.6. The van der Waals surface area contributed by atoms with Crippen molar-refractivity contribution in [1.82, 2.24) is 10.2 Å². The van der Waals surface area contributed by atoms with Gasteiger partial charge in [0.05, 0.1) is 19.3 Å². The molecule has 0 radical (unpaired) electrons. The molecule has 0 aromatic carbocycles. The molecule has 10 N–H and O–H groups in total. The molecule has 19 heteroatoms. The zero-order valence-corrected chi connectivity index (χ0v) is 45.5. The Morgan fingerprint density at radius 2 is 1.11 bits per heavy atom. The van der Waals surface area contributed by atoms with Gasteiger partial charge in [-0.1, -0.05) is 168 Å². The van der Waals surface area contributed by atoms with Crippen molar-refractivity contribution >= 4 is 35.6 Å². The number of primary amides is 1. The van der Waals surface area contributed by atoms with Crippen molar-refractivity contribution in [2.24, 2.45) is 11.5 Å². The number of aliphatic hydroxyl groups is 4. The predicted octanol–water partition coefficient (Wildman–Crippen LogP) is 6.38. The standard InChI is InChI=1S/C54H100N4O15/c1-6-8-10-12-14-16-18-20-22-24-26-28-30-32-45(64)71-43(38-60)50(73-46(65)33-31-29-27-25-23-21-19-17-15-13-11-9-7-2)54(5,56)53(69)58(41(51(55)67)34-35-44(62)63)36-39(3)70-49-47(57-40(4)61)52(68)72-42(37-59)48(49)66/h39,41-43,47-50,52,59-60,66,68H,6-38,56H2,1-5H3,(H2,55,67)(H,57,61)(H,62,63)/t39?,41-,42-,43+,47-,48-,49-,50?,52+,54-/m1/s1. The monoisotopic (exact) mass is 1040 g/mol. The maximum Gasteiger partial charge on any atom is 0.306 e. The molecule has 0 spiro atoms. The lowest BCUT2D eigenvalue weighted by atomic mass is 9.88. The second-order valence-electron chi connectivity index (χ2n) is 20.6. The molecule has 0 aromatic rings. The highest BCUT2D eigenvalue weighted by Gasteiger charge is 2.51. The number of nitrogens with zero attached hydrogens (tertiary/aromatic N) is 1. The number of hydrogen-bond donors (Lipinski definition) is 8. The van der Waals surface area contributed by atoms with Crippen LogP contribution in [0.15, 0.2) is 0 Å². The lowest BCUT2D eigenvalue weighted by molar-refractivity contribution is -0.268. The van der Waals surface area contributed by atoms with Gasteiger partial charge < -0.3 is 66.2 Å². The Morgan fingerprint density at radius 1 is 0.685 bits per heavy atom. The van der Waals surface area contributed by atoms with Crippen LogP contribution in [0.3, 0.4) is 0 Å². The highest BCUT2D eigenvalue weighted by Crippen LogP contribution is 2.28. The number of aliphatic carboxylic acids is 1. The van der Waals surface area contributed by atoms with Gasteiger partial charge in [0.15, 0.2) is 18.5 Å². The summed E-state index contributed by atoms with van der Waals surface area (Å²) in [6, 6.07) is -3.04. The smallest absolute Gasteiger partial charge is 0.306 e. The zero-order valence-electron chi connectivity index (χ0n) is 45.5. The van der Waals surface area contributed by atoms with Gasteiger partial charge in [0, 0.05) is 32.7 Å². The number of amides is 3. The van der Waals surface area contributed by atoms with E-state index in [1.807, 2.05) is 0 Å². The van der Waals surface area contributed by atoms with Crippen LogP contribution in [0.2, 0.25) is 0 Å². The Balaban J connectivity index is 3.32. The summed E-state index contributed by atoms with van der Waals surface area (Å²) in [5.41, 5.74) is 10.3. The third-order valence-corrected chi connectivity index (χ3v) is 13.8. The average Bonchev–Trinajstić information content (AvgIpc) is 3.34. The summed E-state index contributed by atoms with van der Waals surface area (Å²) in [4.78, 5) is 80.0. The summed E-state index contributed by atoms with van der Waals surface area (Å²) in [5, 5.41) is 54.5. The van der Waals surface area contributed by atoms with Crippen molar-refractivity contribution in [3.63, 3.8) is 0 Å². The van der Waals surface area contributed by atoms with E-state index in [1.54, 1.807) is 0 Å². The van der Waals surface area contributed by atoms with Crippen LogP contribution in [-0.2, 0) is 47.7 Å². The highest BCUT2D eigenvalue weighted by molar-refractivity contribution is 5.92. The van der Waals surface area contributed by atoms with Crippen molar-refractivity contribution in [2.75, 3.05) is 19.8 Å². The Morgan fingerprint density at radius 3 is 1.49 bits per heavy atom. The van der Waals surface area contributed by atoms with Crippen LogP contribution >= 0.6 is 0 Å². The molecule has 0 bridgehead atoms. The van der Waals surface area contributed by atoms with E-state index in [0.29, 0.717) is 12.8 Å². The Labute approximate surface area is 436 Å². The summed E-state index contributed by atoms with van der Waals surface area (Å²) < 4.78 is 23.0. The molecule has 2 unspecified atom stereocenters. The van der Waals surface area contributed by atoms with Crippen molar-refractivity contribution in [1.29, 1.82) is 0 Å². The van der Waals surface area contributed by atoms with E-state index in [9.17, 15) is 49.5 Å². The molecular formula is C54H100N4O15. The van der Waals surface area contributed by atoms with Crippen LogP contribution in [0.5, 0.6) is 0 Å². The first-order valence-electron chi connectivity index (χ1n) is 28.0. The van der Waals surface area contributed by atoms with Gasteiger partial charge in [-0.25, -0.2) is 0 Å². The Hall–Kier alpha value is -3.46. The van der Waals surface area contributed by atoms with Gasteiger partial charge in [0.25, 0.3) is 0 Å². The van der Waals surface area contributed by atoms with Gasteiger partial charge in [-0.3, -0.25) is 28.8 Å². The molecule has 19 nitrogen and oxygen atoms in total. The van der Waals surface area contributed by atoms with Crippen LogP contribution in [0.1, 0.15) is 227 Å². The molecule has 1 rings (SSSR count). The quantitative estimate of drug-likeness (QED) is 0.0242. The fourth-order valence-corrected chi connectivity index (χ4v) is 9.50. The van der Waals surface area contributed by atoms with E-state index < -0.39 is 129 Å². The average molecular weight is 1050 g/mol. The van der Waals surface area contributed by atoms with E-state index >= 15 is 4.79 Å². The van der Waals surface area contributed by atoms with Crippen LogP contribution < -0.4 is 16.8 Å². The molecule has 10 atom stereocenters. The lowest BCUT2D eigenvalue weighted by Crippen LogP contribution is -2.68. The number of ether oxygens (including phenoxy) is 4. The first-order valence-corrected chi connectivity index (χ1v) is 28.0. The molecule has 73 heavy (non-hydrogen) atoms. The molecule has 1 aliphatic rings. The number of carbonyl (C=O) groups is 6. The Bertz CT molecular complexity index is 1540. The van der Waals surface area contributed by atoms with Gasteiger partial charge >= 0.3 is 17.9 Å². The number of nitrogens with two attached hydrogens (primary N) is 2. The maximum atomic E-state index is 15.0. The summed E-state index contributed by atoms with van der Waals surface area (Å²) in [7, 11) is 0. The first kappa shape index (κ1) is 67.6. The van der Waals surface area contributed by atoms with Gasteiger partial charge in [-0.2, -0.15) is 0 Å². The number of aliphatic hydroxyl groups excluding tert-OH is 4. The largest absolute Gasteiger partial charge is 0.481 e. The van der Waals surface area contributed by atoms with Gasteiger partial charge in [0.2, 0.25) is 17.7 Å². The molecule has 0 aromatic heterocycles. The first-order chi connectivity index (χ1) is 34.8. The number of hydrogen-bond acceptors (Lipinski definition) is 15. The lowest BCUT2D eigenvalue weighted by Gasteiger charge is -2.45. The second kappa shape index (κ2) is 39.9. The van der Waals surface area contributed by atoms with E-state index in [2.05, 4.69) is 19.2 Å². The van der Waals surface area contributed by atoms with Crippen LogP contribution in [0.4, 0.5) is 0 Å². The van der Waals surface area contributed by atoms with Crippen molar-refractivity contribution in [3.8, 4) is 0 Å². The minimum atomic E-state index is -2.39. The van der Waals surface area contributed by atoms with Crippen LogP contribution in [0, 0.1) is 0 Å². The van der Waals surface area contributed by atoms with E-state index in [-0.39, 0.29) is 12.8 Å². The summed E-state index contributed by atoms with van der Waals surface area (Å²) in [6.45, 7) is 5.91. The number of rotatable bonds is 45. The molecule has 1 saturated heterocycles. The van der Waals surface area contributed by atoms with Crippen molar-refractivity contribution in [3.05, 3.63) is 0 Å². The molecule has 1 aliphatic heterocycles. The molecule has 0 aliphatic carbocycles. The second-order valence-corrected chi connectivity index (χ2v) is 20.6. The summed E-state index contributed by atoms with van der Waals surface area (Å²) in [5.74, 6) is -5.69. The maximum absolute atomic E-state index is 15.0.